The number of aliphatic hydroxyl groups excluding tert-OH is 1. The molecule has 0 amide bonds. The maximum atomic E-state index is 9.87. The molecule has 3 aromatic rings. The van der Waals surface area contributed by atoms with Crippen LogP contribution in [0.3, 0.4) is 0 Å². The molecule has 2 heterocycles. The van der Waals surface area contributed by atoms with Crippen LogP contribution in [0.25, 0.3) is 16.9 Å². The largest absolute Gasteiger partial charge is 0.507 e. The lowest BCUT2D eigenvalue weighted by atomic mass is 10.1. The lowest BCUT2D eigenvalue weighted by Crippen LogP contribution is -1.87. The molecule has 2 aromatic heterocycles. The molecule has 5 heteroatoms. The van der Waals surface area contributed by atoms with E-state index in [1.54, 1.807) is 24.3 Å². The molecule has 4 nitrogen and oxygen atoms in total. The fourth-order valence-electron chi connectivity index (χ4n) is 1.97. The Kier molecular flexibility index (Phi) is 2.89. The first-order valence-corrected chi connectivity index (χ1v) is 6.12. The van der Waals surface area contributed by atoms with Crippen LogP contribution in [0.4, 0.5) is 0 Å². The maximum absolute atomic E-state index is 9.87. The number of rotatable bonds is 2. The van der Waals surface area contributed by atoms with Gasteiger partial charge in [-0.05, 0) is 35.9 Å². The molecule has 0 atom stereocenters. The summed E-state index contributed by atoms with van der Waals surface area (Å²) in [5, 5.41) is 19.5. The first-order valence-electron chi connectivity index (χ1n) is 5.75. The van der Waals surface area contributed by atoms with Crippen LogP contribution >= 0.6 is 11.6 Å². The molecule has 2 N–H and O–H groups in total. The van der Waals surface area contributed by atoms with Crippen molar-refractivity contribution in [2.45, 2.75) is 6.61 Å². The van der Waals surface area contributed by atoms with Gasteiger partial charge in [0.2, 0.25) is 0 Å². The van der Waals surface area contributed by atoms with Gasteiger partial charge in [-0.25, -0.2) is 4.98 Å². The lowest BCUT2D eigenvalue weighted by molar-refractivity contribution is 0.282. The van der Waals surface area contributed by atoms with E-state index in [1.165, 1.54) is 0 Å². The number of aromatic hydroxyl groups is 1. The highest BCUT2D eigenvalue weighted by molar-refractivity contribution is 6.30. The van der Waals surface area contributed by atoms with E-state index in [0.717, 1.165) is 5.56 Å². The Morgan fingerprint density at radius 1 is 1.21 bits per heavy atom. The van der Waals surface area contributed by atoms with E-state index in [-0.39, 0.29) is 12.4 Å². The van der Waals surface area contributed by atoms with Gasteiger partial charge in [-0.15, -0.1) is 0 Å². The summed E-state index contributed by atoms with van der Waals surface area (Å²) in [6.07, 6.45) is 3.63. The fourth-order valence-corrected chi connectivity index (χ4v) is 2.14. The van der Waals surface area contributed by atoms with E-state index < -0.39 is 0 Å². The summed E-state index contributed by atoms with van der Waals surface area (Å²) in [6.45, 7) is -0.0267. The van der Waals surface area contributed by atoms with Crippen molar-refractivity contribution in [1.29, 1.82) is 0 Å². The summed E-state index contributed by atoms with van der Waals surface area (Å²) < 4.78 is 1.83. The van der Waals surface area contributed by atoms with Crippen molar-refractivity contribution in [3.63, 3.8) is 0 Å². The molecule has 96 valence electrons. The van der Waals surface area contributed by atoms with E-state index >= 15 is 0 Å². The molecule has 0 radical (unpaired) electrons. The predicted molar refractivity (Wildman–Crippen MR) is 73.2 cm³/mol. The number of nitrogens with zero attached hydrogens (tertiary/aromatic N) is 2. The number of hydrogen-bond acceptors (Lipinski definition) is 3. The first-order chi connectivity index (χ1) is 9.17. The zero-order valence-electron chi connectivity index (χ0n) is 9.92. The number of hydrogen-bond donors (Lipinski definition) is 2. The fraction of sp³-hybridized carbons (Fsp3) is 0.0714. The normalized spacial score (nSPS) is 11.1. The number of phenolic OH excluding ortho intramolecular Hbond substituents is 1. The van der Waals surface area contributed by atoms with Crippen LogP contribution in [0, 0.1) is 0 Å². The van der Waals surface area contributed by atoms with Crippen LogP contribution in [0.1, 0.15) is 5.56 Å². The third kappa shape index (κ3) is 2.16. The second-order valence-corrected chi connectivity index (χ2v) is 4.68. The number of imidazole rings is 1. The number of halogens is 1. The SMILES string of the molecule is OCc1ccn2cc(-c3cc(Cl)ccc3O)nc2c1. The Balaban J connectivity index is 2.17. The van der Waals surface area contributed by atoms with Crippen molar-refractivity contribution < 1.29 is 10.2 Å². The van der Waals surface area contributed by atoms with Gasteiger partial charge in [-0.2, -0.15) is 0 Å². The molecule has 0 spiro atoms. The van der Waals surface area contributed by atoms with Crippen LogP contribution in [-0.4, -0.2) is 19.6 Å². The lowest BCUT2D eigenvalue weighted by Gasteiger charge is -2.00. The monoisotopic (exact) mass is 274 g/mol. The van der Waals surface area contributed by atoms with Gasteiger partial charge < -0.3 is 14.6 Å². The summed E-state index contributed by atoms with van der Waals surface area (Å²) in [6, 6.07) is 8.45. The highest BCUT2D eigenvalue weighted by atomic mass is 35.5. The Hall–Kier alpha value is -2.04. The molecule has 19 heavy (non-hydrogen) atoms. The van der Waals surface area contributed by atoms with Gasteiger partial charge in [0.05, 0.1) is 12.3 Å². The average molecular weight is 275 g/mol. The zero-order chi connectivity index (χ0) is 13.4. The molecule has 0 aliphatic carbocycles. The minimum Gasteiger partial charge on any atom is -0.507 e. The summed E-state index contributed by atoms with van der Waals surface area (Å²) >= 11 is 5.93. The summed E-state index contributed by atoms with van der Waals surface area (Å²) in [4.78, 5) is 4.43. The molecule has 0 aliphatic heterocycles. The Bertz CT molecular complexity index is 752. The third-order valence-corrected chi connectivity index (χ3v) is 3.18. The molecule has 1 aromatic carbocycles. The predicted octanol–water partition coefficient (Wildman–Crippen LogP) is 2.85. The number of phenols is 1. The molecule has 0 saturated heterocycles. The maximum Gasteiger partial charge on any atom is 0.137 e. The number of benzene rings is 1. The smallest absolute Gasteiger partial charge is 0.137 e. The van der Waals surface area contributed by atoms with Crippen molar-refractivity contribution in [2.75, 3.05) is 0 Å². The Morgan fingerprint density at radius 2 is 2.05 bits per heavy atom. The van der Waals surface area contributed by atoms with Crippen LogP contribution in [-0.2, 0) is 6.61 Å². The highest BCUT2D eigenvalue weighted by Gasteiger charge is 2.09. The van der Waals surface area contributed by atoms with Gasteiger partial charge >= 0.3 is 0 Å². The summed E-state index contributed by atoms with van der Waals surface area (Å²) in [5.41, 5.74) is 2.72. The van der Waals surface area contributed by atoms with E-state index in [2.05, 4.69) is 4.98 Å². The molecule has 0 unspecified atom stereocenters. The molecular weight excluding hydrogens is 264 g/mol. The molecular formula is C14H11ClN2O2. The average Bonchev–Trinajstić information content (AvgIpc) is 2.83. The third-order valence-electron chi connectivity index (χ3n) is 2.94. The van der Waals surface area contributed by atoms with Gasteiger partial charge in [0.25, 0.3) is 0 Å². The molecule has 0 bridgehead atoms. The van der Waals surface area contributed by atoms with Crippen LogP contribution in [0.2, 0.25) is 5.02 Å². The standard InChI is InChI=1S/C14H11ClN2O2/c15-10-1-2-13(19)11(6-10)12-7-17-4-3-9(8-18)5-14(17)16-12/h1-7,18-19H,8H2. The van der Waals surface area contributed by atoms with Crippen molar-refractivity contribution >= 4 is 17.2 Å². The van der Waals surface area contributed by atoms with Gasteiger partial charge in [-0.3, -0.25) is 0 Å². The van der Waals surface area contributed by atoms with Crippen molar-refractivity contribution in [1.82, 2.24) is 9.38 Å². The van der Waals surface area contributed by atoms with Gasteiger partial charge in [0, 0.05) is 23.0 Å². The van der Waals surface area contributed by atoms with Crippen molar-refractivity contribution in [3.05, 3.63) is 53.3 Å². The molecule has 0 fully saturated rings. The van der Waals surface area contributed by atoms with Crippen LogP contribution < -0.4 is 0 Å². The minimum atomic E-state index is -0.0267. The van der Waals surface area contributed by atoms with Crippen LogP contribution in [0.5, 0.6) is 5.75 Å². The number of fused-ring (bicyclic) bond motifs is 1. The quantitative estimate of drug-likeness (QED) is 0.755. The highest BCUT2D eigenvalue weighted by Crippen LogP contribution is 2.31. The minimum absolute atomic E-state index is 0.0267. The van der Waals surface area contributed by atoms with E-state index in [0.29, 0.717) is 21.9 Å². The van der Waals surface area contributed by atoms with Crippen molar-refractivity contribution in [3.8, 4) is 17.0 Å². The van der Waals surface area contributed by atoms with E-state index in [1.807, 2.05) is 22.9 Å². The van der Waals surface area contributed by atoms with Gasteiger partial charge in [0.1, 0.15) is 11.4 Å². The van der Waals surface area contributed by atoms with Crippen LogP contribution in [0.15, 0.2) is 42.7 Å². The van der Waals surface area contributed by atoms with Gasteiger partial charge in [-0.1, -0.05) is 11.6 Å². The second-order valence-electron chi connectivity index (χ2n) is 4.25. The zero-order valence-corrected chi connectivity index (χ0v) is 10.7. The Labute approximate surface area is 114 Å². The molecule has 3 rings (SSSR count). The van der Waals surface area contributed by atoms with E-state index in [4.69, 9.17) is 16.7 Å². The first kappa shape index (κ1) is 12.0. The second kappa shape index (κ2) is 4.57. The number of aliphatic hydroxyl groups is 1. The number of aromatic nitrogens is 2. The molecule has 0 saturated carbocycles. The van der Waals surface area contributed by atoms with Gasteiger partial charge in [0.15, 0.2) is 0 Å². The summed E-state index contributed by atoms with van der Waals surface area (Å²) in [7, 11) is 0. The van der Waals surface area contributed by atoms with Crippen molar-refractivity contribution in [2.24, 2.45) is 0 Å². The number of pyridine rings is 1. The molecule has 0 aliphatic rings. The summed E-state index contributed by atoms with van der Waals surface area (Å²) in [5.74, 6) is 0.134. The topological polar surface area (TPSA) is 57.8 Å². The Morgan fingerprint density at radius 3 is 2.84 bits per heavy atom. The van der Waals surface area contributed by atoms with E-state index in [9.17, 15) is 5.11 Å².